The third-order valence-electron chi connectivity index (χ3n) is 3.03. The Kier molecular flexibility index (Phi) is 3.48. The molecule has 0 fully saturated rings. The highest BCUT2D eigenvalue weighted by Gasteiger charge is 2.18. The molecule has 3 heteroatoms. The van der Waals surface area contributed by atoms with Crippen LogP contribution in [0.2, 0.25) is 0 Å². The molecular formula is C14H20N2O. The zero-order valence-electron chi connectivity index (χ0n) is 10.7. The molecule has 92 valence electrons. The monoisotopic (exact) mass is 232 g/mol. The zero-order valence-corrected chi connectivity index (χ0v) is 10.7. The van der Waals surface area contributed by atoms with Crippen molar-refractivity contribution in [3.05, 3.63) is 29.7 Å². The largest absolute Gasteiger partial charge is 0.440 e. The quantitative estimate of drug-likeness (QED) is 0.880. The van der Waals surface area contributed by atoms with Crippen LogP contribution in [0.4, 0.5) is 0 Å². The fourth-order valence-electron chi connectivity index (χ4n) is 2.14. The Morgan fingerprint density at radius 2 is 2.12 bits per heavy atom. The second kappa shape index (κ2) is 4.88. The van der Waals surface area contributed by atoms with Gasteiger partial charge in [-0.15, -0.1) is 0 Å². The Morgan fingerprint density at radius 3 is 2.71 bits per heavy atom. The molecule has 2 rings (SSSR count). The minimum atomic E-state index is 0.224. The van der Waals surface area contributed by atoms with E-state index in [0.29, 0.717) is 12.5 Å². The molecule has 0 aliphatic rings. The lowest BCUT2D eigenvalue weighted by molar-refractivity contribution is 0.414. The van der Waals surface area contributed by atoms with E-state index in [0.717, 1.165) is 29.0 Å². The Hall–Kier alpha value is -1.35. The van der Waals surface area contributed by atoms with Crippen LogP contribution in [0.3, 0.4) is 0 Å². The van der Waals surface area contributed by atoms with E-state index in [4.69, 9.17) is 10.2 Å². The SMILES string of the molecule is Cc1cccc2oc(C(CN)CC(C)C)nc12. The highest BCUT2D eigenvalue weighted by molar-refractivity contribution is 5.76. The minimum absolute atomic E-state index is 0.224. The summed E-state index contributed by atoms with van der Waals surface area (Å²) in [6.07, 6.45) is 1.02. The number of rotatable bonds is 4. The lowest BCUT2D eigenvalue weighted by atomic mass is 9.97. The molecule has 1 heterocycles. The average Bonchev–Trinajstić information content (AvgIpc) is 2.70. The van der Waals surface area contributed by atoms with Gasteiger partial charge < -0.3 is 10.2 Å². The van der Waals surface area contributed by atoms with Gasteiger partial charge in [-0.05, 0) is 30.9 Å². The van der Waals surface area contributed by atoms with Crippen molar-refractivity contribution >= 4 is 11.1 Å². The number of hydrogen-bond acceptors (Lipinski definition) is 3. The van der Waals surface area contributed by atoms with Gasteiger partial charge in [0.05, 0.1) is 0 Å². The molecule has 0 saturated carbocycles. The number of aryl methyl sites for hydroxylation is 1. The van der Waals surface area contributed by atoms with Gasteiger partial charge in [0, 0.05) is 12.5 Å². The van der Waals surface area contributed by atoms with E-state index >= 15 is 0 Å². The van der Waals surface area contributed by atoms with Crippen LogP contribution in [-0.2, 0) is 0 Å². The molecule has 2 aromatic rings. The second-order valence-corrected chi connectivity index (χ2v) is 5.04. The summed E-state index contributed by atoms with van der Waals surface area (Å²) in [7, 11) is 0. The molecule has 0 bridgehead atoms. The van der Waals surface area contributed by atoms with Crippen molar-refractivity contribution in [3.63, 3.8) is 0 Å². The Bertz CT molecular complexity index is 502. The Balaban J connectivity index is 2.37. The topological polar surface area (TPSA) is 52.0 Å². The van der Waals surface area contributed by atoms with Crippen molar-refractivity contribution in [2.75, 3.05) is 6.54 Å². The number of oxazole rings is 1. The fraction of sp³-hybridized carbons (Fsp3) is 0.500. The lowest BCUT2D eigenvalue weighted by Crippen LogP contribution is -2.14. The fourth-order valence-corrected chi connectivity index (χ4v) is 2.14. The zero-order chi connectivity index (χ0) is 12.4. The summed E-state index contributed by atoms with van der Waals surface area (Å²) in [4.78, 5) is 4.59. The van der Waals surface area contributed by atoms with Crippen LogP contribution in [0.25, 0.3) is 11.1 Å². The van der Waals surface area contributed by atoms with E-state index in [9.17, 15) is 0 Å². The van der Waals surface area contributed by atoms with Crippen LogP contribution in [0.5, 0.6) is 0 Å². The first-order chi connectivity index (χ1) is 8.11. The maximum Gasteiger partial charge on any atom is 0.199 e. The summed E-state index contributed by atoms with van der Waals surface area (Å²) in [6.45, 7) is 7.02. The molecule has 1 aromatic carbocycles. The van der Waals surface area contributed by atoms with Gasteiger partial charge in [-0.3, -0.25) is 0 Å². The molecule has 17 heavy (non-hydrogen) atoms. The minimum Gasteiger partial charge on any atom is -0.440 e. The second-order valence-electron chi connectivity index (χ2n) is 5.04. The normalized spacial score (nSPS) is 13.5. The highest BCUT2D eigenvalue weighted by Crippen LogP contribution is 2.27. The van der Waals surface area contributed by atoms with Gasteiger partial charge in [-0.2, -0.15) is 0 Å². The first-order valence-electron chi connectivity index (χ1n) is 6.18. The van der Waals surface area contributed by atoms with Crippen molar-refractivity contribution in [1.29, 1.82) is 0 Å². The summed E-state index contributed by atoms with van der Waals surface area (Å²) in [5, 5.41) is 0. The third-order valence-corrected chi connectivity index (χ3v) is 3.03. The van der Waals surface area contributed by atoms with Gasteiger partial charge in [-0.25, -0.2) is 4.98 Å². The maximum atomic E-state index is 5.81. The van der Waals surface area contributed by atoms with Gasteiger partial charge >= 0.3 is 0 Å². The van der Waals surface area contributed by atoms with Gasteiger partial charge in [-0.1, -0.05) is 26.0 Å². The predicted octanol–water partition coefficient (Wildman–Crippen LogP) is 3.22. The van der Waals surface area contributed by atoms with Gasteiger partial charge in [0.1, 0.15) is 5.52 Å². The molecule has 1 atom stereocenters. The van der Waals surface area contributed by atoms with E-state index in [1.165, 1.54) is 0 Å². The first-order valence-corrected chi connectivity index (χ1v) is 6.18. The highest BCUT2D eigenvalue weighted by atomic mass is 16.3. The number of nitrogens with two attached hydrogens (primary N) is 1. The van der Waals surface area contributed by atoms with Crippen molar-refractivity contribution < 1.29 is 4.42 Å². The van der Waals surface area contributed by atoms with Crippen LogP contribution >= 0.6 is 0 Å². The molecule has 0 aliphatic heterocycles. The van der Waals surface area contributed by atoms with Crippen LogP contribution in [0, 0.1) is 12.8 Å². The smallest absolute Gasteiger partial charge is 0.199 e. The van der Waals surface area contributed by atoms with Crippen LogP contribution in [-0.4, -0.2) is 11.5 Å². The van der Waals surface area contributed by atoms with Crippen LogP contribution in [0.15, 0.2) is 22.6 Å². The maximum absolute atomic E-state index is 5.81. The number of aromatic nitrogens is 1. The predicted molar refractivity (Wildman–Crippen MR) is 70.0 cm³/mol. The van der Waals surface area contributed by atoms with Crippen LogP contribution in [0.1, 0.15) is 37.6 Å². The lowest BCUT2D eigenvalue weighted by Gasteiger charge is -2.12. The number of benzene rings is 1. The van der Waals surface area contributed by atoms with E-state index in [1.54, 1.807) is 0 Å². The summed E-state index contributed by atoms with van der Waals surface area (Å²) < 4.78 is 5.81. The molecule has 0 saturated heterocycles. The van der Waals surface area contributed by atoms with E-state index in [2.05, 4.69) is 31.8 Å². The van der Waals surface area contributed by atoms with Crippen molar-refractivity contribution in [1.82, 2.24) is 4.98 Å². The standard InChI is InChI=1S/C14H20N2O/c1-9(2)7-11(8-15)14-16-13-10(3)5-4-6-12(13)17-14/h4-6,9,11H,7-8,15H2,1-3H3. The Labute approximate surface area is 102 Å². The number of fused-ring (bicyclic) bond motifs is 1. The number of nitrogens with zero attached hydrogens (tertiary/aromatic N) is 1. The molecule has 3 nitrogen and oxygen atoms in total. The molecule has 0 aliphatic carbocycles. The summed E-state index contributed by atoms with van der Waals surface area (Å²) in [5.41, 5.74) is 8.79. The molecule has 1 unspecified atom stereocenters. The molecule has 0 spiro atoms. The number of hydrogen-bond donors (Lipinski definition) is 1. The van der Waals surface area contributed by atoms with E-state index < -0.39 is 0 Å². The number of para-hydroxylation sites is 1. The van der Waals surface area contributed by atoms with Crippen molar-refractivity contribution in [2.45, 2.75) is 33.1 Å². The van der Waals surface area contributed by atoms with Crippen molar-refractivity contribution in [2.24, 2.45) is 11.7 Å². The van der Waals surface area contributed by atoms with Crippen LogP contribution < -0.4 is 5.73 Å². The Morgan fingerprint density at radius 1 is 1.35 bits per heavy atom. The molecule has 2 N–H and O–H groups in total. The van der Waals surface area contributed by atoms with Crippen molar-refractivity contribution in [3.8, 4) is 0 Å². The van der Waals surface area contributed by atoms with Gasteiger partial charge in [0.2, 0.25) is 0 Å². The third kappa shape index (κ3) is 2.50. The first kappa shape index (κ1) is 12.1. The molecule has 1 aromatic heterocycles. The van der Waals surface area contributed by atoms with E-state index in [-0.39, 0.29) is 5.92 Å². The molecule has 0 amide bonds. The molecule has 0 radical (unpaired) electrons. The van der Waals surface area contributed by atoms with Gasteiger partial charge in [0.25, 0.3) is 0 Å². The average molecular weight is 232 g/mol. The summed E-state index contributed by atoms with van der Waals surface area (Å²) in [5.74, 6) is 1.60. The van der Waals surface area contributed by atoms with Gasteiger partial charge in [0.15, 0.2) is 11.5 Å². The van der Waals surface area contributed by atoms with E-state index in [1.807, 2.05) is 12.1 Å². The summed E-state index contributed by atoms with van der Waals surface area (Å²) in [6, 6.07) is 6.00. The molecular weight excluding hydrogens is 212 g/mol. The summed E-state index contributed by atoms with van der Waals surface area (Å²) >= 11 is 0.